The van der Waals surface area contributed by atoms with Gasteiger partial charge in [-0.15, -0.1) is 6.42 Å². The number of nitrogens with zero attached hydrogens (tertiary/aromatic N) is 1. The van der Waals surface area contributed by atoms with Gasteiger partial charge in [0.25, 0.3) is 0 Å². The number of ether oxygens (including phenoxy) is 1. The van der Waals surface area contributed by atoms with Gasteiger partial charge in [-0.2, -0.15) is 0 Å². The van der Waals surface area contributed by atoms with Crippen molar-refractivity contribution >= 4 is 43.8 Å². The van der Waals surface area contributed by atoms with Gasteiger partial charge in [-0.3, -0.25) is 4.99 Å². The summed E-state index contributed by atoms with van der Waals surface area (Å²) in [6.45, 7) is 4.36. The van der Waals surface area contributed by atoms with Gasteiger partial charge in [0.15, 0.2) is 0 Å². The van der Waals surface area contributed by atoms with E-state index in [1.54, 1.807) is 0 Å². The number of benzene rings is 2. The normalized spacial score (nSPS) is 10.7. The minimum absolute atomic E-state index is 0.229. The highest BCUT2D eigenvalue weighted by Crippen LogP contribution is 2.34. The lowest BCUT2D eigenvalue weighted by Gasteiger charge is -2.09. The number of halogens is 2. The largest absolute Gasteiger partial charge is 0.479 e. The van der Waals surface area contributed by atoms with Gasteiger partial charge in [0.05, 0.1) is 14.6 Å². The third kappa shape index (κ3) is 4.22. The summed E-state index contributed by atoms with van der Waals surface area (Å²) in [5.41, 5.74) is 4.32. The molecule has 2 rings (SSSR count). The van der Waals surface area contributed by atoms with Crippen LogP contribution in [0.2, 0.25) is 0 Å². The molecule has 0 aromatic heterocycles. The highest BCUT2D eigenvalue weighted by atomic mass is 79.9. The van der Waals surface area contributed by atoms with Crippen LogP contribution < -0.4 is 4.74 Å². The van der Waals surface area contributed by atoms with Gasteiger partial charge in [0, 0.05) is 6.21 Å². The second-order valence-corrected chi connectivity index (χ2v) is 6.56. The summed E-state index contributed by atoms with van der Waals surface area (Å²) >= 11 is 6.99. The van der Waals surface area contributed by atoms with Gasteiger partial charge < -0.3 is 4.74 Å². The maximum atomic E-state index is 5.49. The van der Waals surface area contributed by atoms with Crippen LogP contribution in [0.5, 0.6) is 5.75 Å². The van der Waals surface area contributed by atoms with E-state index in [9.17, 15) is 0 Å². The molecule has 0 radical (unpaired) electrons. The first kappa shape index (κ1) is 16.8. The van der Waals surface area contributed by atoms with Gasteiger partial charge in [-0.1, -0.05) is 23.6 Å². The first-order chi connectivity index (χ1) is 10.5. The van der Waals surface area contributed by atoms with Crippen LogP contribution in [0.25, 0.3) is 0 Å². The Balaban J connectivity index is 2.27. The second-order valence-electron chi connectivity index (χ2n) is 4.85. The highest BCUT2D eigenvalue weighted by Gasteiger charge is 2.08. The van der Waals surface area contributed by atoms with Crippen molar-refractivity contribution in [1.82, 2.24) is 0 Å². The Morgan fingerprint density at radius 3 is 2.45 bits per heavy atom. The third-order valence-corrected chi connectivity index (χ3v) is 4.20. The quantitative estimate of drug-likeness (QED) is 0.466. The maximum Gasteiger partial charge on any atom is 0.149 e. The van der Waals surface area contributed by atoms with Crippen molar-refractivity contribution in [3.63, 3.8) is 0 Å². The van der Waals surface area contributed by atoms with Crippen LogP contribution in [-0.2, 0) is 0 Å². The fourth-order valence-electron chi connectivity index (χ4n) is 2.00. The van der Waals surface area contributed by atoms with Crippen molar-refractivity contribution in [2.45, 2.75) is 13.8 Å². The van der Waals surface area contributed by atoms with Crippen molar-refractivity contribution < 1.29 is 4.74 Å². The van der Waals surface area contributed by atoms with Crippen molar-refractivity contribution in [2.75, 3.05) is 6.61 Å². The SMILES string of the molecule is C#CCOc1c(Br)cc(C=Nc2ccc(C)cc2C)cc1Br. The van der Waals surface area contributed by atoms with Crippen LogP contribution in [0.4, 0.5) is 5.69 Å². The van der Waals surface area contributed by atoms with Crippen LogP contribution in [0.1, 0.15) is 16.7 Å². The molecule has 2 aromatic rings. The van der Waals surface area contributed by atoms with Crippen LogP contribution in [0.3, 0.4) is 0 Å². The first-order valence-corrected chi connectivity index (χ1v) is 8.26. The van der Waals surface area contributed by atoms with Crippen LogP contribution in [0.15, 0.2) is 44.3 Å². The summed E-state index contributed by atoms with van der Waals surface area (Å²) in [4.78, 5) is 4.55. The Hall–Kier alpha value is -1.57. The molecule has 0 fully saturated rings. The van der Waals surface area contributed by atoms with E-state index >= 15 is 0 Å². The molecule has 2 nitrogen and oxygen atoms in total. The van der Waals surface area contributed by atoms with E-state index in [1.807, 2.05) is 24.4 Å². The Labute approximate surface area is 147 Å². The Kier molecular flexibility index (Phi) is 5.82. The van der Waals surface area contributed by atoms with E-state index < -0.39 is 0 Å². The van der Waals surface area contributed by atoms with Crippen LogP contribution >= 0.6 is 31.9 Å². The van der Waals surface area contributed by atoms with E-state index in [0.29, 0.717) is 5.75 Å². The molecule has 0 N–H and O–H groups in total. The van der Waals surface area contributed by atoms with E-state index in [4.69, 9.17) is 11.2 Å². The number of rotatable bonds is 4. The van der Waals surface area contributed by atoms with Crippen LogP contribution in [0, 0.1) is 26.2 Å². The molecule has 0 spiro atoms. The predicted molar refractivity (Wildman–Crippen MR) is 99.3 cm³/mol. The molecule has 0 aliphatic heterocycles. The fraction of sp³-hybridized carbons (Fsp3) is 0.167. The van der Waals surface area contributed by atoms with Gasteiger partial charge >= 0.3 is 0 Å². The van der Waals surface area contributed by atoms with Gasteiger partial charge in [-0.05, 0) is 75.0 Å². The molecule has 0 unspecified atom stereocenters. The van der Waals surface area contributed by atoms with Crippen molar-refractivity contribution in [3.05, 3.63) is 56.0 Å². The molecular weight excluding hydrogens is 406 g/mol. The molecule has 0 heterocycles. The first-order valence-electron chi connectivity index (χ1n) is 6.68. The van der Waals surface area contributed by atoms with Crippen LogP contribution in [-0.4, -0.2) is 12.8 Å². The zero-order chi connectivity index (χ0) is 16.1. The molecule has 0 aliphatic carbocycles. The number of hydrogen-bond acceptors (Lipinski definition) is 2. The molecule has 0 saturated heterocycles. The standard InChI is InChI=1S/C18H15Br2NO/c1-4-7-22-18-15(19)9-14(10-16(18)20)11-21-17-6-5-12(2)8-13(17)3/h1,5-6,8-11H,7H2,2-3H3. The fourth-order valence-corrected chi connectivity index (χ4v) is 3.45. The molecule has 2 aromatic carbocycles. The summed E-state index contributed by atoms with van der Waals surface area (Å²) < 4.78 is 7.16. The molecule has 0 bridgehead atoms. The van der Waals surface area contributed by atoms with E-state index in [-0.39, 0.29) is 6.61 Å². The summed E-state index contributed by atoms with van der Waals surface area (Å²) in [6, 6.07) is 10.1. The topological polar surface area (TPSA) is 21.6 Å². The lowest BCUT2D eigenvalue weighted by molar-refractivity contribution is 0.365. The third-order valence-electron chi connectivity index (χ3n) is 3.03. The Morgan fingerprint density at radius 1 is 1.18 bits per heavy atom. The number of aliphatic imine (C=N–C) groups is 1. The lowest BCUT2D eigenvalue weighted by atomic mass is 10.1. The average molecular weight is 421 g/mol. The van der Waals surface area contributed by atoms with Crippen molar-refractivity contribution in [3.8, 4) is 18.1 Å². The minimum Gasteiger partial charge on any atom is -0.479 e. The van der Waals surface area contributed by atoms with E-state index in [1.165, 1.54) is 5.56 Å². The summed E-state index contributed by atoms with van der Waals surface area (Å²) in [5.74, 6) is 3.15. The maximum absolute atomic E-state index is 5.49. The summed E-state index contributed by atoms with van der Waals surface area (Å²) in [7, 11) is 0. The Morgan fingerprint density at radius 2 is 1.86 bits per heavy atom. The molecule has 22 heavy (non-hydrogen) atoms. The van der Waals surface area contributed by atoms with Gasteiger partial charge in [0.2, 0.25) is 0 Å². The lowest BCUT2D eigenvalue weighted by Crippen LogP contribution is -1.96. The minimum atomic E-state index is 0.229. The monoisotopic (exact) mass is 419 g/mol. The Bertz CT molecular complexity index is 737. The molecule has 112 valence electrons. The summed E-state index contributed by atoms with van der Waals surface area (Å²) in [6.07, 6.45) is 7.05. The van der Waals surface area contributed by atoms with E-state index in [2.05, 4.69) is 68.8 Å². The average Bonchev–Trinajstić information content (AvgIpc) is 2.45. The van der Waals surface area contributed by atoms with E-state index in [0.717, 1.165) is 25.8 Å². The van der Waals surface area contributed by atoms with Gasteiger partial charge in [-0.25, -0.2) is 0 Å². The zero-order valence-electron chi connectivity index (χ0n) is 12.4. The van der Waals surface area contributed by atoms with Gasteiger partial charge in [0.1, 0.15) is 12.4 Å². The number of aryl methyl sites for hydroxylation is 2. The summed E-state index contributed by atoms with van der Waals surface area (Å²) in [5, 5.41) is 0. The smallest absolute Gasteiger partial charge is 0.149 e. The molecule has 0 aliphatic rings. The number of hydrogen-bond donors (Lipinski definition) is 0. The molecular formula is C18H15Br2NO. The van der Waals surface area contributed by atoms with Crippen molar-refractivity contribution in [1.29, 1.82) is 0 Å². The highest BCUT2D eigenvalue weighted by molar-refractivity contribution is 9.11. The molecule has 0 atom stereocenters. The predicted octanol–water partition coefficient (Wildman–Crippen LogP) is 5.59. The zero-order valence-corrected chi connectivity index (χ0v) is 15.5. The molecule has 4 heteroatoms. The van der Waals surface area contributed by atoms with Crippen molar-refractivity contribution in [2.24, 2.45) is 4.99 Å². The molecule has 0 amide bonds. The number of terminal acetylenes is 1. The molecule has 0 saturated carbocycles. The second kappa shape index (κ2) is 7.62.